The quantitative estimate of drug-likeness (QED) is 0.938. The lowest BCUT2D eigenvalue weighted by Crippen LogP contribution is -2.30. The average molecular weight is 302 g/mol. The number of pyridine rings is 1. The van der Waals surface area contributed by atoms with Crippen LogP contribution in [-0.4, -0.2) is 21.0 Å². The lowest BCUT2D eigenvalue weighted by Gasteiger charge is -2.18. The predicted octanol–water partition coefficient (Wildman–Crippen LogP) is 3.05. The van der Waals surface area contributed by atoms with Crippen LogP contribution in [0.1, 0.15) is 51.7 Å². The first kappa shape index (κ1) is 16.1. The second-order valence-corrected chi connectivity index (χ2v) is 6.67. The van der Waals surface area contributed by atoms with Gasteiger partial charge in [0.05, 0.1) is 0 Å². The van der Waals surface area contributed by atoms with Crippen molar-refractivity contribution in [3.05, 3.63) is 29.9 Å². The van der Waals surface area contributed by atoms with E-state index in [0.717, 1.165) is 11.3 Å². The van der Waals surface area contributed by atoms with E-state index in [9.17, 15) is 4.79 Å². The van der Waals surface area contributed by atoms with Crippen molar-refractivity contribution in [1.82, 2.24) is 20.4 Å². The minimum atomic E-state index is -0.320. The number of nitrogens with one attached hydrogen (secondary N) is 1. The van der Waals surface area contributed by atoms with Gasteiger partial charge in [0.2, 0.25) is 17.6 Å². The van der Waals surface area contributed by atoms with Crippen molar-refractivity contribution in [3.8, 4) is 11.4 Å². The van der Waals surface area contributed by atoms with Crippen LogP contribution in [0.5, 0.6) is 0 Å². The Hall–Kier alpha value is -2.24. The lowest BCUT2D eigenvalue weighted by molar-refractivity contribution is -0.123. The number of carbonyl (C=O) groups excluding carboxylic acids is 1. The molecule has 2 aromatic heterocycles. The Morgan fingerprint density at radius 3 is 2.77 bits per heavy atom. The van der Waals surface area contributed by atoms with Gasteiger partial charge in [-0.1, -0.05) is 25.9 Å². The van der Waals surface area contributed by atoms with Crippen molar-refractivity contribution in [1.29, 1.82) is 0 Å². The summed E-state index contributed by atoms with van der Waals surface area (Å²) in [7, 11) is 0. The van der Waals surface area contributed by atoms with Gasteiger partial charge in [-0.3, -0.25) is 9.78 Å². The fraction of sp³-hybridized carbons (Fsp3) is 0.500. The van der Waals surface area contributed by atoms with Crippen molar-refractivity contribution in [2.75, 3.05) is 0 Å². The van der Waals surface area contributed by atoms with Crippen molar-refractivity contribution in [2.45, 2.75) is 47.1 Å². The fourth-order valence-corrected chi connectivity index (χ4v) is 2.05. The van der Waals surface area contributed by atoms with Crippen LogP contribution in [0.3, 0.4) is 0 Å². The molecule has 0 saturated heterocycles. The molecule has 0 spiro atoms. The Bertz CT molecular complexity index is 658. The predicted molar refractivity (Wildman–Crippen MR) is 82.9 cm³/mol. The van der Waals surface area contributed by atoms with Crippen LogP contribution in [0.4, 0.5) is 0 Å². The molecule has 6 nitrogen and oxygen atoms in total. The smallest absolute Gasteiger partial charge is 0.249 e. The van der Waals surface area contributed by atoms with Gasteiger partial charge in [0.1, 0.15) is 6.04 Å². The van der Waals surface area contributed by atoms with Gasteiger partial charge in [-0.2, -0.15) is 4.98 Å². The number of aryl methyl sites for hydroxylation is 1. The molecule has 1 atom stereocenters. The van der Waals surface area contributed by atoms with Crippen molar-refractivity contribution >= 4 is 5.91 Å². The average Bonchev–Trinajstić information content (AvgIpc) is 2.85. The molecule has 22 heavy (non-hydrogen) atoms. The Kier molecular flexibility index (Phi) is 4.59. The van der Waals surface area contributed by atoms with Crippen molar-refractivity contribution < 1.29 is 9.32 Å². The minimum absolute atomic E-state index is 0.0282. The number of amides is 1. The molecule has 0 fully saturated rings. The zero-order valence-corrected chi connectivity index (χ0v) is 13.7. The third kappa shape index (κ3) is 4.38. The SMILES string of the molecule is Cc1cc(-c2noc([C@H](C)NC(=O)CC(C)(C)C)n2)ccn1. The first-order chi connectivity index (χ1) is 10.2. The summed E-state index contributed by atoms with van der Waals surface area (Å²) in [5.74, 6) is 0.864. The van der Waals surface area contributed by atoms with Gasteiger partial charge >= 0.3 is 0 Å². The maximum absolute atomic E-state index is 12.0. The molecule has 0 aromatic carbocycles. The summed E-state index contributed by atoms with van der Waals surface area (Å²) < 4.78 is 5.26. The normalized spacial score (nSPS) is 13.0. The van der Waals surface area contributed by atoms with Crippen LogP contribution in [-0.2, 0) is 4.79 Å². The van der Waals surface area contributed by atoms with E-state index in [1.54, 1.807) is 6.20 Å². The molecule has 0 aliphatic carbocycles. The van der Waals surface area contributed by atoms with Gasteiger partial charge in [-0.25, -0.2) is 0 Å². The fourth-order valence-electron chi connectivity index (χ4n) is 2.05. The number of hydrogen-bond donors (Lipinski definition) is 1. The van der Waals surface area contributed by atoms with E-state index in [2.05, 4.69) is 20.4 Å². The molecular formula is C16H22N4O2. The number of rotatable bonds is 4. The summed E-state index contributed by atoms with van der Waals surface area (Å²) in [6, 6.07) is 3.39. The molecule has 6 heteroatoms. The molecule has 0 aliphatic heterocycles. The third-order valence-electron chi connectivity index (χ3n) is 3.04. The Morgan fingerprint density at radius 2 is 2.14 bits per heavy atom. The Labute approximate surface area is 130 Å². The monoisotopic (exact) mass is 302 g/mol. The van der Waals surface area contributed by atoms with Crippen molar-refractivity contribution in [3.63, 3.8) is 0 Å². The van der Waals surface area contributed by atoms with Gasteiger partial charge in [0.15, 0.2) is 0 Å². The zero-order valence-electron chi connectivity index (χ0n) is 13.7. The summed E-state index contributed by atoms with van der Waals surface area (Å²) in [6.07, 6.45) is 2.15. The molecule has 0 radical (unpaired) electrons. The van der Waals surface area contributed by atoms with Crippen LogP contribution in [0.25, 0.3) is 11.4 Å². The van der Waals surface area contributed by atoms with Crippen molar-refractivity contribution in [2.24, 2.45) is 5.41 Å². The van der Waals surface area contributed by atoms with E-state index in [-0.39, 0.29) is 17.4 Å². The summed E-state index contributed by atoms with van der Waals surface area (Å²) in [6.45, 7) is 9.80. The Balaban J connectivity index is 2.06. The van der Waals surface area contributed by atoms with E-state index in [4.69, 9.17) is 4.52 Å². The van der Waals surface area contributed by atoms with Crippen LogP contribution in [0, 0.1) is 12.3 Å². The van der Waals surface area contributed by atoms with Crippen LogP contribution in [0.15, 0.2) is 22.9 Å². The number of carbonyl (C=O) groups is 1. The van der Waals surface area contributed by atoms with Gasteiger partial charge < -0.3 is 9.84 Å². The Morgan fingerprint density at radius 1 is 1.41 bits per heavy atom. The van der Waals surface area contributed by atoms with Gasteiger partial charge in [0, 0.05) is 23.9 Å². The molecule has 0 unspecified atom stereocenters. The lowest BCUT2D eigenvalue weighted by atomic mass is 9.92. The molecule has 0 saturated carbocycles. The largest absolute Gasteiger partial charge is 0.345 e. The second-order valence-electron chi connectivity index (χ2n) is 6.67. The molecule has 0 aliphatic rings. The summed E-state index contributed by atoms with van der Waals surface area (Å²) >= 11 is 0. The van der Waals surface area contributed by atoms with Gasteiger partial charge in [-0.05, 0) is 31.4 Å². The molecule has 1 amide bonds. The van der Waals surface area contributed by atoms with E-state index in [1.165, 1.54) is 0 Å². The topological polar surface area (TPSA) is 80.9 Å². The maximum Gasteiger partial charge on any atom is 0.249 e. The highest BCUT2D eigenvalue weighted by Crippen LogP contribution is 2.21. The summed E-state index contributed by atoms with van der Waals surface area (Å²) in [5.41, 5.74) is 1.67. The molecular weight excluding hydrogens is 280 g/mol. The molecule has 118 valence electrons. The number of nitrogens with zero attached hydrogens (tertiary/aromatic N) is 3. The van der Waals surface area contributed by atoms with Crippen LogP contribution in [0.2, 0.25) is 0 Å². The maximum atomic E-state index is 12.0. The second kappa shape index (κ2) is 6.25. The van der Waals surface area contributed by atoms with Crippen LogP contribution >= 0.6 is 0 Å². The highest BCUT2D eigenvalue weighted by Gasteiger charge is 2.21. The van der Waals surface area contributed by atoms with E-state index >= 15 is 0 Å². The molecule has 1 N–H and O–H groups in total. The minimum Gasteiger partial charge on any atom is -0.345 e. The van der Waals surface area contributed by atoms with E-state index < -0.39 is 0 Å². The molecule has 2 heterocycles. The van der Waals surface area contributed by atoms with Gasteiger partial charge in [0.25, 0.3) is 0 Å². The first-order valence-corrected chi connectivity index (χ1v) is 7.30. The highest BCUT2D eigenvalue weighted by atomic mass is 16.5. The highest BCUT2D eigenvalue weighted by molar-refractivity contribution is 5.76. The number of aromatic nitrogens is 3. The molecule has 2 rings (SSSR count). The van der Waals surface area contributed by atoms with E-state index in [0.29, 0.717) is 18.1 Å². The van der Waals surface area contributed by atoms with Crippen LogP contribution < -0.4 is 5.32 Å². The molecule has 2 aromatic rings. The summed E-state index contributed by atoms with van der Waals surface area (Å²) in [5, 5.41) is 6.85. The third-order valence-corrected chi connectivity index (χ3v) is 3.04. The molecule has 0 bridgehead atoms. The summed E-state index contributed by atoms with van der Waals surface area (Å²) in [4.78, 5) is 20.4. The van der Waals surface area contributed by atoms with E-state index in [1.807, 2.05) is 46.8 Å². The standard InChI is InChI=1S/C16H22N4O2/c1-10-8-12(6-7-17-10)14-19-15(22-20-14)11(2)18-13(21)9-16(3,4)5/h6-8,11H,9H2,1-5H3,(H,18,21)/t11-/m0/s1. The first-order valence-electron chi connectivity index (χ1n) is 7.30. The zero-order chi connectivity index (χ0) is 16.3. The number of hydrogen-bond acceptors (Lipinski definition) is 5. The van der Waals surface area contributed by atoms with Gasteiger partial charge in [-0.15, -0.1) is 0 Å².